The number of hydrogen-bond donors (Lipinski definition) is 1. The molecule has 24 heavy (non-hydrogen) atoms. The summed E-state index contributed by atoms with van der Waals surface area (Å²) in [7, 11) is 0. The quantitative estimate of drug-likeness (QED) is 0.875. The first-order chi connectivity index (χ1) is 11.7. The van der Waals surface area contributed by atoms with E-state index in [1.165, 1.54) is 49.7 Å². The largest absolute Gasteiger partial charge is 0.349 e. The van der Waals surface area contributed by atoms with Crippen molar-refractivity contribution in [2.75, 3.05) is 0 Å². The standard InChI is InChI=1S/C21H26N2O/c1-14-10-16-11-17(21(24)23-18-8-3-2-4-9-18)13-22-20(16)12-19(14)15-6-5-7-15/h10-13,15,18H,2-9H2,1H3,(H,23,24). The first-order valence-corrected chi connectivity index (χ1v) is 9.42. The molecular formula is C21H26N2O. The number of rotatable bonds is 3. The summed E-state index contributed by atoms with van der Waals surface area (Å²) in [5, 5.41) is 4.26. The van der Waals surface area contributed by atoms with E-state index in [1.54, 1.807) is 6.20 Å². The minimum absolute atomic E-state index is 0.0250. The molecular weight excluding hydrogens is 296 g/mol. The number of fused-ring (bicyclic) bond motifs is 1. The van der Waals surface area contributed by atoms with E-state index in [9.17, 15) is 4.79 Å². The first kappa shape index (κ1) is 15.6. The van der Waals surface area contributed by atoms with Crippen LogP contribution in [0.3, 0.4) is 0 Å². The zero-order valence-corrected chi connectivity index (χ0v) is 14.5. The van der Waals surface area contributed by atoms with Gasteiger partial charge in [-0.3, -0.25) is 9.78 Å². The maximum absolute atomic E-state index is 12.5. The molecule has 2 aromatic rings. The van der Waals surface area contributed by atoms with Gasteiger partial charge in [-0.15, -0.1) is 0 Å². The topological polar surface area (TPSA) is 42.0 Å². The number of carbonyl (C=O) groups excluding carboxylic acids is 1. The van der Waals surface area contributed by atoms with Gasteiger partial charge in [-0.05, 0) is 67.9 Å². The molecule has 2 fully saturated rings. The van der Waals surface area contributed by atoms with Crippen molar-refractivity contribution in [2.24, 2.45) is 0 Å². The van der Waals surface area contributed by atoms with E-state index >= 15 is 0 Å². The number of benzene rings is 1. The van der Waals surface area contributed by atoms with Gasteiger partial charge in [0, 0.05) is 17.6 Å². The number of nitrogens with zero attached hydrogens (tertiary/aromatic N) is 1. The van der Waals surface area contributed by atoms with Gasteiger partial charge in [0.15, 0.2) is 0 Å². The molecule has 0 spiro atoms. The SMILES string of the molecule is Cc1cc2cc(C(=O)NC3CCCCC3)cnc2cc1C1CCC1. The molecule has 126 valence electrons. The van der Waals surface area contributed by atoms with Crippen LogP contribution in [0.1, 0.15) is 78.8 Å². The molecule has 1 heterocycles. The average molecular weight is 322 g/mol. The van der Waals surface area contributed by atoms with Crippen LogP contribution in [-0.4, -0.2) is 16.9 Å². The van der Waals surface area contributed by atoms with Crippen molar-refractivity contribution in [1.29, 1.82) is 0 Å². The monoisotopic (exact) mass is 322 g/mol. The van der Waals surface area contributed by atoms with E-state index in [1.807, 2.05) is 6.07 Å². The summed E-state index contributed by atoms with van der Waals surface area (Å²) < 4.78 is 0. The third-order valence-corrected chi connectivity index (χ3v) is 5.82. The molecule has 3 nitrogen and oxygen atoms in total. The second kappa shape index (κ2) is 6.54. The third-order valence-electron chi connectivity index (χ3n) is 5.82. The molecule has 3 heteroatoms. The van der Waals surface area contributed by atoms with Crippen molar-refractivity contribution < 1.29 is 4.79 Å². The lowest BCUT2D eigenvalue weighted by atomic mass is 9.78. The first-order valence-electron chi connectivity index (χ1n) is 9.42. The Morgan fingerprint density at radius 2 is 1.83 bits per heavy atom. The molecule has 1 aromatic heterocycles. The number of carbonyl (C=O) groups is 1. The van der Waals surface area contributed by atoms with Crippen molar-refractivity contribution in [2.45, 2.75) is 70.3 Å². The van der Waals surface area contributed by atoms with Crippen molar-refractivity contribution in [1.82, 2.24) is 10.3 Å². The predicted octanol–water partition coefficient (Wildman–Crippen LogP) is 4.87. The summed E-state index contributed by atoms with van der Waals surface area (Å²) in [6.45, 7) is 2.18. The molecule has 0 aliphatic heterocycles. The third kappa shape index (κ3) is 3.04. The maximum atomic E-state index is 12.5. The second-order valence-electron chi connectivity index (χ2n) is 7.56. The molecule has 2 saturated carbocycles. The molecule has 1 N–H and O–H groups in total. The number of aromatic nitrogens is 1. The van der Waals surface area contributed by atoms with Gasteiger partial charge in [-0.1, -0.05) is 25.7 Å². The summed E-state index contributed by atoms with van der Waals surface area (Å²) >= 11 is 0. The fourth-order valence-corrected chi connectivity index (χ4v) is 4.11. The van der Waals surface area contributed by atoms with Crippen LogP contribution in [0.15, 0.2) is 24.4 Å². The Labute approximate surface area is 143 Å². The Bertz CT molecular complexity index is 758. The van der Waals surface area contributed by atoms with E-state index in [0.29, 0.717) is 17.5 Å². The van der Waals surface area contributed by atoms with E-state index in [4.69, 9.17) is 0 Å². The fraction of sp³-hybridized carbons (Fsp3) is 0.524. The fourth-order valence-electron chi connectivity index (χ4n) is 4.11. The van der Waals surface area contributed by atoms with Gasteiger partial charge in [-0.25, -0.2) is 0 Å². The van der Waals surface area contributed by atoms with E-state index in [-0.39, 0.29) is 5.91 Å². The number of hydrogen-bond acceptors (Lipinski definition) is 2. The van der Waals surface area contributed by atoms with Gasteiger partial charge >= 0.3 is 0 Å². The van der Waals surface area contributed by atoms with Crippen molar-refractivity contribution in [3.63, 3.8) is 0 Å². The lowest BCUT2D eigenvalue weighted by Crippen LogP contribution is -2.36. The number of amides is 1. The Balaban J connectivity index is 1.57. The highest BCUT2D eigenvalue weighted by Crippen LogP contribution is 2.39. The zero-order chi connectivity index (χ0) is 16.5. The zero-order valence-electron chi connectivity index (χ0n) is 14.5. The van der Waals surface area contributed by atoms with Crippen LogP contribution in [0.25, 0.3) is 10.9 Å². The van der Waals surface area contributed by atoms with Crippen LogP contribution < -0.4 is 5.32 Å². The lowest BCUT2D eigenvalue weighted by molar-refractivity contribution is 0.0927. The Morgan fingerprint density at radius 3 is 2.54 bits per heavy atom. The molecule has 0 bridgehead atoms. The molecule has 0 saturated heterocycles. The van der Waals surface area contributed by atoms with Crippen molar-refractivity contribution in [3.05, 3.63) is 41.1 Å². The number of pyridine rings is 1. The lowest BCUT2D eigenvalue weighted by Gasteiger charge is -2.27. The molecule has 4 rings (SSSR count). The van der Waals surface area contributed by atoms with Crippen LogP contribution in [-0.2, 0) is 0 Å². The Kier molecular flexibility index (Phi) is 4.26. The molecule has 2 aliphatic carbocycles. The van der Waals surface area contributed by atoms with E-state index in [0.717, 1.165) is 23.7 Å². The summed E-state index contributed by atoms with van der Waals surface area (Å²) in [6.07, 6.45) is 11.6. The Hall–Kier alpha value is -1.90. The minimum Gasteiger partial charge on any atom is -0.349 e. The minimum atomic E-state index is 0.0250. The Morgan fingerprint density at radius 1 is 1.04 bits per heavy atom. The molecule has 1 amide bonds. The molecule has 0 unspecified atom stereocenters. The molecule has 0 atom stereocenters. The normalized spacial score (nSPS) is 19.2. The van der Waals surface area contributed by atoms with Crippen LogP contribution >= 0.6 is 0 Å². The summed E-state index contributed by atoms with van der Waals surface area (Å²) in [5.41, 5.74) is 4.47. The highest BCUT2D eigenvalue weighted by molar-refractivity contribution is 5.97. The molecule has 2 aliphatic rings. The summed E-state index contributed by atoms with van der Waals surface area (Å²) in [6, 6.07) is 6.77. The van der Waals surface area contributed by atoms with E-state index < -0.39 is 0 Å². The smallest absolute Gasteiger partial charge is 0.253 e. The molecule has 0 radical (unpaired) electrons. The van der Waals surface area contributed by atoms with Crippen LogP contribution in [0.5, 0.6) is 0 Å². The molecule has 1 aromatic carbocycles. The maximum Gasteiger partial charge on any atom is 0.253 e. The van der Waals surface area contributed by atoms with Crippen LogP contribution in [0, 0.1) is 6.92 Å². The van der Waals surface area contributed by atoms with Gasteiger partial charge in [0.25, 0.3) is 5.91 Å². The average Bonchev–Trinajstić information content (AvgIpc) is 2.54. The van der Waals surface area contributed by atoms with Crippen molar-refractivity contribution in [3.8, 4) is 0 Å². The van der Waals surface area contributed by atoms with Gasteiger partial charge < -0.3 is 5.32 Å². The van der Waals surface area contributed by atoms with Gasteiger partial charge in [0.1, 0.15) is 0 Å². The number of aryl methyl sites for hydroxylation is 1. The van der Waals surface area contributed by atoms with Gasteiger partial charge in [0.2, 0.25) is 0 Å². The predicted molar refractivity (Wildman–Crippen MR) is 97.4 cm³/mol. The number of nitrogens with one attached hydrogen (secondary N) is 1. The van der Waals surface area contributed by atoms with Gasteiger partial charge in [0.05, 0.1) is 11.1 Å². The highest BCUT2D eigenvalue weighted by Gasteiger charge is 2.22. The summed E-state index contributed by atoms with van der Waals surface area (Å²) in [4.78, 5) is 17.1. The van der Waals surface area contributed by atoms with Gasteiger partial charge in [-0.2, -0.15) is 0 Å². The van der Waals surface area contributed by atoms with Crippen molar-refractivity contribution >= 4 is 16.8 Å². The second-order valence-corrected chi connectivity index (χ2v) is 7.56. The van der Waals surface area contributed by atoms with Crippen LogP contribution in [0.4, 0.5) is 0 Å². The summed E-state index contributed by atoms with van der Waals surface area (Å²) in [5.74, 6) is 0.738. The highest BCUT2D eigenvalue weighted by atomic mass is 16.1. The van der Waals surface area contributed by atoms with E-state index in [2.05, 4.69) is 29.4 Å². The van der Waals surface area contributed by atoms with Crippen LogP contribution in [0.2, 0.25) is 0 Å².